The van der Waals surface area contributed by atoms with Crippen molar-refractivity contribution in [3.8, 4) is 0 Å². The summed E-state index contributed by atoms with van der Waals surface area (Å²) < 4.78 is 0. The molecule has 1 heterocycles. The zero-order valence-corrected chi connectivity index (χ0v) is 11.4. The second kappa shape index (κ2) is 6.32. The van der Waals surface area contributed by atoms with Crippen LogP contribution in [0.25, 0.3) is 0 Å². The monoisotopic (exact) mass is 248 g/mol. The van der Waals surface area contributed by atoms with Crippen LogP contribution in [-0.4, -0.2) is 42.7 Å². The standard InChI is InChI=1S/C15H24N2O/c1-12-3-4-13(2)14(11-12)15(18)5-8-17-9-6-16-7-10-17/h3-4,11,15-16,18H,5-10H2,1-2H3. The smallest absolute Gasteiger partial charge is 0.0804 e. The van der Waals surface area contributed by atoms with Crippen LogP contribution >= 0.6 is 0 Å². The molecule has 3 nitrogen and oxygen atoms in total. The molecular weight excluding hydrogens is 224 g/mol. The van der Waals surface area contributed by atoms with Gasteiger partial charge in [0.1, 0.15) is 0 Å². The number of piperazine rings is 1. The second-order valence-electron chi connectivity index (χ2n) is 5.26. The zero-order chi connectivity index (χ0) is 13.0. The summed E-state index contributed by atoms with van der Waals surface area (Å²) in [5.74, 6) is 0. The highest BCUT2D eigenvalue weighted by molar-refractivity contribution is 5.32. The topological polar surface area (TPSA) is 35.5 Å². The summed E-state index contributed by atoms with van der Waals surface area (Å²) >= 11 is 0. The Bertz CT molecular complexity index is 386. The maximum atomic E-state index is 10.3. The van der Waals surface area contributed by atoms with Crippen LogP contribution in [0.1, 0.15) is 29.2 Å². The van der Waals surface area contributed by atoms with Crippen LogP contribution in [0.4, 0.5) is 0 Å². The van der Waals surface area contributed by atoms with E-state index in [9.17, 15) is 5.11 Å². The minimum absolute atomic E-state index is 0.334. The molecule has 0 aliphatic carbocycles. The maximum absolute atomic E-state index is 10.3. The lowest BCUT2D eigenvalue weighted by molar-refractivity contribution is 0.136. The molecule has 100 valence electrons. The van der Waals surface area contributed by atoms with E-state index in [0.29, 0.717) is 0 Å². The molecule has 0 spiro atoms. The van der Waals surface area contributed by atoms with Gasteiger partial charge in [-0.3, -0.25) is 0 Å². The summed E-state index contributed by atoms with van der Waals surface area (Å²) in [7, 11) is 0. The first kappa shape index (κ1) is 13.5. The molecule has 0 aromatic heterocycles. The van der Waals surface area contributed by atoms with E-state index in [1.54, 1.807) is 0 Å². The van der Waals surface area contributed by atoms with E-state index in [4.69, 9.17) is 0 Å². The van der Waals surface area contributed by atoms with E-state index in [0.717, 1.165) is 44.7 Å². The van der Waals surface area contributed by atoms with Gasteiger partial charge in [-0.15, -0.1) is 0 Å². The van der Waals surface area contributed by atoms with Crippen molar-refractivity contribution in [2.75, 3.05) is 32.7 Å². The van der Waals surface area contributed by atoms with Gasteiger partial charge in [-0.1, -0.05) is 23.8 Å². The van der Waals surface area contributed by atoms with E-state index in [1.807, 2.05) is 0 Å². The van der Waals surface area contributed by atoms with Crippen LogP contribution < -0.4 is 5.32 Å². The van der Waals surface area contributed by atoms with Crippen molar-refractivity contribution in [3.63, 3.8) is 0 Å². The van der Waals surface area contributed by atoms with E-state index in [1.165, 1.54) is 11.1 Å². The molecule has 1 aliphatic rings. The molecule has 1 aromatic carbocycles. The third-order valence-electron chi connectivity index (χ3n) is 3.72. The van der Waals surface area contributed by atoms with Crippen LogP contribution in [0.5, 0.6) is 0 Å². The predicted octanol–water partition coefficient (Wildman–Crippen LogP) is 1.63. The fraction of sp³-hybridized carbons (Fsp3) is 0.600. The highest BCUT2D eigenvalue weighted by Crippen LogP contribution is 2.22. The Morgan fingerprint density at radius 1 is 1.28 bits per heavy atom. The zero-order valence-electron chi connectivity index (χ0n) is 11.4. The number of benzene rings is 1. The summed E-state index contributed by atoms with van der Waals surface area (Å²) in [5.41, 5.74) is 3.50. The van der Waals surface area contributed by atoms with E-state index in [-0.39, 0.29) is 6.10 Å². The third-order valence-corrected chi connectivity index (χ3v) is 3.72. The summed E-state index contributed by atoms with van der Waals surface area (Å²) in [6.45, 7) is 9.46. The highest BCUT2D eigenvalue weighted by atomic mass is 16.3. The van der Waals surface area contributed by atoms with Crippen LogP contribution in [0, 0.1) is 13.8 Å². The van der Waals surface area contributed by atoms with Crippen molar-refractivity contribution in [1.82, 2.24) is 10.2 Å². The maximum Gasteiger partial charge on any atom is 0.0804 e. The second-order valence-corrected chi connectivity index (χ2v) is 5.26. The van der Waals surface area contributed by atoms with Gasteiger partial charge in [0.05, 0.1) is 6.10 Å². The molecule has 1 fully saturated rings. The molecule has 1 saturated heterocycles. The molecule has 1 aliphatic heterocycles. The Labute approximate surface area is 110 Å². The molecule has 2 N–H and O–H groups in total. The molecule has 18 heavy (non-hydrogen) atoms. The average Bonchev–Trinajstić information content (AvgIpc) is 2.40. The largest absolute Gasteiger partial charge is 0.388 e. The number of rotatable bonds is 4. The van der Waals surface area contributed by atoms with Gasteiger partial charge in [0.2, 0.25) is 0 Å². The molecule has 1 atom stereocenters. The van der Waals surface area contributed by atoms with E-state index >= 15 is 0 Å². The SMILES string of the molecule is Cc1ccc(C)c(C(O)CCN2CCNCC2)c1. The van der Waals surface area contributed by atoms with Gasteiger partial charge in [-0.25, -0.2) is 0 Å². The number of hydrogen-bond acceptors (Lipinski definition) is 3. The Balaban J connectivity index is 1.90. The fourth-order valence-electron chi connectivity index (χ4n) is 2.51. The van der Waals surface area contributed by atoms with Gasteiger partial charge in [0.15, 0.2) is 0 Å². The summed E-state index contributed by atoms with van der Waals surface area (Å²) in [4.78, 5) is 2.42. The van der Waals surface area contributed by atoms with Crippen molar-refractivity contribution in [1.29, 1.82) is 0 Å². The van der Waals surface area contributed by atoms with Crippen LogP contribution in [0.3, 0.4) is 0 Å². The van der Waals surface area contributed by atoms with Gasteiger partial charge in [0, 0.05) is 32.7 Å². The van der Waals surface area contributed by atoms with Crippen molar-refractivity contribution < 1.29 is 5.11 Å². The predicted molar refractivity (Wildman–Crippen MR) is 74.8 cm³/mol. The minimum Gasteiger partial charge on any atom is -0.388 e. The molecule has 0 amide bonds. The van der Waals surface area contributed by atoms with Gasteiger partial charge >= 0.3 is 0 Å². The summed E-state index contributed by atoms with van der Waals surface area (Å²) in [6.07, 6.45) is 0.490. The molecule has 0 saturated carbocycles. The Kier molecular flexibility index (Phi) is 4.75. The van der Waals surface area contributed by atoms with Crippen LogP contribution in [0.2, 0.25) is 0 Å². The number of nitrogens with one attached hydrogen (secondary N) is 1. The van der Waals surface area contributed by atoms with Crippen molar-refractivity contribution in [2.45, 2.75) is 26.4 Å². The van der Waals surface area contributed by atoms with Crippen molar-refractivity contribution in [2.24, 2.45) is 0 Å². The van der Waals surface area contributed by atoms with E-state index in [2.05, 4.69) is 42.3 Å². The average molecular weight is 248 g/mol. The number of nitrogens with zero attached hydrogens (tertiary/aromatic N) is 1. The highest BCUT2D eigenvalue weighted by Gasteiger charge is 2.14. The number of aliphatic hydroxyl groups is 1. The van der Waals surface area contributed by atoms with Gasteiger partial charge in [-0.05, 0) is 31.4 Å². The van der Waals surface area contributed by atoms with Crippen molar-refractivity contribution in [3.05, 3.63) is 34.9 Å². The third kappa shape index (κ3) is 3.55. The lowest BCUT2D eigenvalue weighted by Crippen LogP contribution is -2.44. The fourth-order valence-corrected chi connectivity index (χ4v) is 2.51. The van der Waals surface area contributed by atoms with Gasteiger partial charge in [-0.2, -0.15) is 0 Å². The summed E-state index contributed by atoms with van der Waals surface area (Å²) in [6, 6.07) is 6.30. The Hall–Kier alpha value is -0.900. The molecule has 3 heteroatoms. The Morgan fingerprint density at radius 3 is 2.72 bits per heavy atom. The van der Waals surface area contributed by atoms with Gasteiger partial charge in [0.25, 0.3) is 0 Å². The van der Waals surface area contributed by atoms with Crippen LogP contribution in [-0.2, 0) is 0 Å². The molecule has 0 bridgehead atoms. The molecular formula is C15H24N2O. The quantitative estimate of drug-likeness (QED) is 0.850. The number of aryl methyl sites for hydroxylation is 2. The van der Waals surface area contributed by atoms with Gasteiger partial charge < -0.3 is 15.3 Å². The first-order valence-corrected chi connectivity index (χ1v) is 6.85. The van der Waals surface area contributed by atoms with Crippen molar-refractivity contribution >= 4 is 0 Å². The normalized spacial score (nSPS) is 18.8. The van der Waals surface area contributed by atoms with Crippen LogP contribution in [0.15, 0.2) is 18.2 Å². The molecule has 1 aromatic rings. The first-order chi connectivity index (χ1) is 8.66. The lowest BCUT2D eigenvalue weighted by Gasteiger charge is -2.28. The molecule has 1 unspecified atom stereocenters. The minimum atomic E-state index is -0.334. The van der Waals surface area contributed by atoms with E-state index < -0.39 is 0 Å². The Morgan fingerprint density at radius 2 is 2.00 bits per heavy atom. The number of aliphatic hydroxyl groups excluding tert-OH is 1. The number of hydrogen-bond donors (Lipinski definition) is 2. The molecule has 0 radical (unpaired) electrons. The lowest BCUT2D eigenvalue weighted by atomic mass is 9.99. The summed E-state index contributed by atoms with van der Waals surface area (Å²) in [5, 5.41) is 13.7. The first-order valence-electron chi connectivity index (χ1n) is 6.85. The molecule has 2 rings (SSSR count).